The molecular formula is C24H25ClN6O4. The second kappa shape index (κ2) is 10.4. The van der Waals surface area contributed by atoms with Gasteiger partial charge >= 0.3 is 0 Å². The number of halogens is 1. The third-order valence-electron chi connectivity index (χ3n) is 6.05. The van der Waals surface area contributed by atoms with Gasteiger partial charge < -0.3 is 19.7 Å². The first-order chi connectivity index (χ1) is 17.0. The number of nitrogens with one attached hydrogen (secondary N) is 1. The van der Waals surface area contributed by atoms with E-state index >= 15 is 0 Å². The normalized spacial score (nSPS) is 20.3. The highest BCUT2D eigenvalue weighted by Crippen LogP contribution is 2.21. The van der Waals surface area contributed by atoms with Crippen molar-refractivity contribution in [3.63, 3.8) is 0 Å². The van der Waals surface area contributed by atoms with Crippen LogP contribution in [0.15, 0.2) is 48.8 Å². The summed E-state index contributed by atoms with van der Waals surface area (Å²) in [6.45, 7) is 1.68. The Morgan fingerprint density at radius 3 is 3.03 bits per heavy atom. The van der Waals surface area contributed by atoms with E-state index in [1.54, 1.807) is 40.2 Å². The maximum atomic E-state index is 13.1. The van der Waals surface area contributed by atoms with Gasteiger partial charge in [0.2, 0.25) is 5.91 Å². The van der Waals surface area contributed by atoms with E-state index in [1.165, 1.54) is 0 Å². The number of pyridine rings is 1. The van der Waals surface area contributed by atoms with Gasteiger partial charge in [-0.3, -0.25) is 9.59 Å². The number of ether oxygens (including phenoxy) is 2. The van der Waals surface area contributed by atoms with Crippen LogP contribution in [0.5, 0.6) is 5.75 Å². The lowest BCUT2D eigenvalue weighted by Crippen LogP contribution is -2.44. The lowest BCUT2D eigenvalue weighted by molar-refractivity contribution is -0.130. The standard InChI is InChI=1S/C24H25ClN6O4/c25-17-4-1-3-16(11-17)6-7-22(32)30-13-19-21(14-30)35-15-18-12-31(29-28-18)9-10-34-20-5-2-8-26-23(20)24(33)27-19/h1-5,8,11-12,19,21H,6-7,9-10,13-15H2,(H,27,33)/t19-,21-/m0/s1. The number of rotatable bonds is 3. The van der Waals surface area contributed by atoms with Gasteiger partial charge in [0.25, 0.3) is 5.91 Å². The maximum absolute atomic E-state index is 13.1. The first-order valence-corrected chi connectivity index (χ1v) is 11.8. The van der Waals surface area contributed by atoms with Gasteiger partial charge in [0.05, 0.1) is 31.5 Å². The zero-order chi connectivity index (χ0) is 24.2. The highest BCUT2D eigenvalue weighted by Gasteiger charge is 2.37. The fourth-order valence-corrected chi connectivity index (χ4v) is 4.47. The minimum absolute atomic E-state index is 0.0129. The van der Waals surface area contributed by atoms with Crippen molar-refractivity contribution in [2.75, 3.05) is 19.7 Å². The molecule has 1 aromatic carbocycles. The molecule has 11 heteroatoms. The van der Waals surface area contributed by atoms with Crippen molar-refractivity contribution in [3.05, 3.63) is 70.8 Å². The molecule has 0 aliphatic carbocycles. The number of hydrogen-bond acceptors (Lipinski definition) is 7. The Morgan fingerprint density at radius 1 is 1.23 bits per heavy atom. The van der Waals surface area contributed by atoms with Gasteiger partial charge in [-0.15, -0.1) is 5.10 Å². The zero-order valence-electron chi connectivity index (χ0n) is 19.0. The Kier molecular flexibility index (Phi) is 6.91. The molecule has 1 fully saturated rings. The number of benzene rings is 1. The Balaban J connectivity index is 1.32. The SMILES string of the molecule is O=C1N[C@H]2CN(C(=O)CCc3cccc(Cl)c3)C[C@@H]2OCc2cn(nn2)CCOc2cccnc21. The molecule has 1 saturated heterocycles. The highest BCUT2D eigenvalue weighted by molar-refractivity contribution is 6.30. The number of hydrogen-bond donors (Lipinski definition) is 1. The molecule has 0 saturated carbocycles. The number of carbonyl (C=O) groups is 2. The molecule has 10 nitrogen and oxygen atoms in total. The highest BCUT2D eigenvalue weighted by atomic mass is 35.5. The lowest BCUT2D eigenvalue weighted by Gasteiger charge is -2.20. The predicted octanol–water partition coefficient (Wildman–Crippen LogP) is 1.88. The van der Waals surface area contributed by atoms with E-state index in [0.29, 0.717) is 55.5 Å². The molecule has 2 atom stereocenters. The minimum atomic E-state index is -0.412. The first-order valence-electron chi connectivity index (χ1n) is 11.5. The van der Waals surface area contributed by atoms with Gasteiger partial charge in [0.1, 0.15) is 12.3 Å². The fourth-order valence-electron chi connectivity index (χ4n) is 4.26. The largest absolute Gasteiger partial charge is 0.489 e. The quantitative estimate of drug-likeness (QED) is 0.589. The van der Waals surface area contributed by atoms with Gasteiger partial charge in [0.15, 0.2) is 11.4 Å². The van der Waals surface area contributed by atoms with Crippen molar-refractivity contribution < 1.29 is 19.1 Å². The summed E-state index contributed by atoms with van der Waals surface area (Å²) in [5.41, 5.74) is 1.85. The number of nitrogens with zero attached hydrogens (tertiary/aromatic N) is 5. The summed E-state index contributed by atoms with van der Waals surface area (Å²) < 4.78 is 13.6. The third-order valence-corrected chi connectivity index (χ3v) is 6.28. The lowest BCUT2D eigenvalue weighted by atomic mass is 10.1. The number of fused-ring (bicyclic) bond motifs is 4. The maximum Gasteiger partial charge on any atom is 0.274 e. The van der Waals surface area contributed by atoms with Gasteiger partial charge in [-0.05, 0) is 36.2 Å². The van der Waals surface area contributed by atoms with Crippen molar-refractivity contribution in [1.29, 1.82) is 0 Å². The van der Waals surface area contributed by atoms with Gasteiger partial charge in [-0.2, -0.15) is 0 Å². The molecule has 2 amide bonds. The Morgan fingerprint density at radius 2 is 2.14 bits per heavy atom. The summed E-state index contributed by atoms with van der Waals surface area (Å²) in [4.78, 5) is 32.0. The van der Waals surface area contributed by atoms with Crippen LogP contribution < -0.4 is 10.1 Å². The van der Waals surface area contributed by atoms with Crippen LogP contribution >= 0.6 is 11.6 Å². The van der Waals surface area contributed by atoms with Gasteiger partial charge in [-0.25, -0.2) is 9.67 Å². The van der Waals surface area contributed by atoms with Crippen LogP contribution in [0, 0.1) is 0 Å². The second-order valence-corrected chi connectivity index (χ2v) is 8.97. The number of aryl methyl sites for hydroxylation is 1. The van der Waals surface area contributed by atoms with E-state index in [0.717, 1.165) is 5.56 Å². The van der Waals surface area contributed by atoms with Crippen LogP contribution in [-0.2, 0) is 29.1 Å². The molecule has 2 aromatic heterocycles. The molecule has 5 rings (SSSR count). The van der Waals surface area contributed by atoms with Gasteiger partial charge in [-0.1, -0.05) is 28.9 Å². The van der Waals surface area contributed by atoms with Gasteiger partial charge in [0, 0.05) is 30.7 Å². The summed E-state index contributed by atoms with van der Waals surface area (Å²) in [6, 6.07) is 10.5. The molecule has 3 aromatic rings. The Labute approximate surface area is 207 Å². The van der Waals surface area contributed by atoms with E-state index in [2.05, 4.69) is 20.6 Å². The Hall–Kier alpha value is -3.50. The molecule has 0 radical (unpaired) electrons. The van der Waals surface area contributed by atoms with Crippen molar-refractivity contribution in [2.45, 2.75) is 38.1 Å². The summed E-state index contributed by atoms with van der Waals surface area (Å²) >= 11 is 6.06. The second-order valence-electron chi connectivity index (χ2n) is 8.53. The summed E-state index contributed by atoms with van der Waals surface area (Å²) in [5, 5.41) is 11.9. The smallest absolute Gasteiger partial charge is 0.274 e. The third kappa shape index (κ3) is 5.60. The number of likely N-dealkylation sites (tertiary alicyclic amines) is 1. The molecule has 2 aliphatic heterocycles. The monoisotopic (exact) mass is 496 g/mol. The molecule has 0 unspecified atom stereocenters. The average Bonchev–Trinajstić information content (AvgIpc) is 3.48. The van der Waals surface area contributed by atoms with Crippen molar-refractivity contribution >= 4 is 23.4 Å². The van der Waals surface area contributed by atoms with Crippen molar-refractivity contribution in [1.82, 2.24) is 30.2 Å². The molecule has 0 spiro atoms. The predicted molar refractivity (Wildman–Crippen MR) is 126 cm³/mol. The molecule has 1 N–H and O–H groups in total. The topological polar surface area (TPSA) is 111 Å². The van der Waals surface area contributed by atoms with E-state index in [4.69, 9.17) is 21.1 Å². The first kappa shape index (κ1) is 23.3. The van der Waals surface area contributed by atoms with E-state index in [-0.39, 0.29) is 24.1 Å². The molecule has 2 bridgehead atoms. The molecule has 182 valence electrons. The molecule has 35 heavy (non-hydrogen) atoms. The van der Waals surface area contributed by atoms with Crippen molar-refractivity contribution in [2.24, 2.45) is 0 Å². The van der Waals surface area contributed by atoms with Crippen LogP contribution in [0.3, 0.4) is 0 Å². The average molecular weight is 497 g/mol. The Bertz CT molecular complexity index is 1220. The van der Waals surface area contributed by atoms with Crippen LogP contribution in [0.1, 0.15) is 28.2 Å². The molecular weight excluding hydrogens is 472 g/mol. The fraction of sp³-hybridized carbons (Fsp3) is 0.375. The summed E-state index contributed by atoms with van der Waals surface area (Å²) in [5.74, 6) is -0.00489. The molecule has 4 heterocycles. The van der Waals surface area contributed by atoms with E-state index in [9.17, 15) is 9.59 Å². The number of aromatic nitrogens is 4. The van der Waals surface area contributed by atoms with E-state index < -0.39 is 12.1 Å². The zero-order valence-corrected chi connectivity index (χ0v) is 19.7. The van der Waals surface area contributed by atoms with Crippen LogP contribution in [0.4, 0.5) is 0 Å². The van der Waals surface area contributed by atoms with Crippen LogP contribution in [-0.4, -0.2) is 68.5 Å². The van der Waals surface area contributed by atoms with E-state index in [1.807, 2.05) is 18.2 Å². The van der Waals surface area contributed by atoms with Crippen molar-refractivity contribution in [3.8, 4) is 5.75 Å². The van der Waals surface area contributed by atoms with Crippen LogP contribution in [0.25, 0.3) is 0 Å². The molecule has 2 aliphatic rings. The van der Waals surface area contributed by atoms with Crippen LogP contribution in [0.2, 0.25) is 5.02 Å². The minimum Gasteiger partial charge on any atom is -0.489 e. The number of carbonyl (C=O) groups excluding carboxylic acids is 2. The summed E-state index contributed by atoms with van der Waals surface area (Å²) in [6.07, 6.45) is 3.85. The summed E-state index contributed by atoms with van der Waals surface area (Å²) in [7, 11) is 0. The number of amides is 2.